The van der Waals surface area contributed by atoms with E-state index in [1.165, 1.54) is 0 Å². The third-order valence-corrected chi connectivity index (χ3v) is 2.70. The first kappa shape index (κ1) is 16.7. The highest BCUT2D eigenvalue weighted by molar-refractivity contribution is 5.98. The minimum Gasteiger partial charge on any atom is -0.481 e. The van der Waals surface area contributed by atoms with E-state index in [0.29, 0.717) is 12.5 Å². The predicted octanol–water partition coefficient (Wildman–Crippen LogP) is 1.91. The molecule has 1 aromatic carbocycles. The number of nitrogens with one attached hydrogen (secondary N) is 1. The molecular weight excluding hydrogens is 284 g/mol. The van der Waals surface area contributed by atoms with Gasteiger partial charge in [0.1, 0.15) is 11.6 Å². The Hall–Kier alpha value is -2.31. The largest absolute Gasteiger partial charge is 0.481 e. The number of carbonyl (C=O) groups is 3. The minimum atomic E-state index is -0.957. The maximum absolute atomic E-state index is 13.3. The van der Waals surface area contributed by atoms with Crippen LogP contribution in [0, 0.1) is 11.6 Å². The van der Waals surface area contributed by atoms with Gasteiger partial charge in [-0.15, -0.1) is 0 Å². The highest BCUT2D eigenvalue weighted by Gasteiger charge is 2.14. The molecule has 0 saturated heterocycles. The summed E-state index contributed by atoms with van der Waals surface area (Å²) in [6.07, 6.45) is -0.0996. The Morgan fingerprint density at radius 1 is 1.10 bits per heavy atom. The summed E-state index contributed by atoms with van der Waals surface area (Å²) >= 11 is 0. The fourth-order valence-corrected chi connectivity index (χ4v) is 1.63. The second kappa shape index (κ2) is 8.08. The molecule has 1 aromatic rings. The molecule has 0 aliphatic rings. The monoisotopic (exact) mass is 299 g/mol. The second-order valence-corrected chi connectivity index (χ2v) is 4.39. The molecule has 21 heavy (non-hydrogen) atoms. The Balaban J connectivity index is 2.35. The summed E-state index contributed by atoms with van der Waals surface area (Å²) in [5.74, 6) is -3.70. The molecule has 0 radical (unpaired) electrons. The van der Waals surface area contributed by atoms with E-state index >= 15 is 0 Å². The van der Waals surface area contributed by atoms with Crippen molar-refractivity contribution in [2.24, 2.45) is 0 Å². The van der Waals surface area contributed by atoms with Crippen LogP contribution < -0.4 is 5.32 Å². The molecule has 0 fully saturated rings. The zero-order valence-electron chi connectivity index (χ0n) is 11.2. The molecule has 0 aromatic heterocycles. The highest BCUT2D eigenvalue weighted by Crippen LogP contribution is 2.12. The van der Waals surface area contributed by atoms with Gasteiger partial charge in [0.15, 0.2) is 5.78 Å². The van der Waals surface area contributed by atoms with Crippen molar-refractivity contribution >= 4 is 17.7 Å². The molecule has 1 rings (SSSR count). The topological polar surface area (TPSA) is 83.5 Å². The molecule has 0 bridgehead atoms. The summed E-state index contributed by atoms with van der Waals surface area (Å²) in [6, 6.07) is 2.62. The summed E-state index contributed by atoms with van der Waals surface area (Å²) in [4.78, 5) is 33.3. The Kier molecular flexibility index (Phi) is 6.45. The van der Waals surface area contributed by atoms with Crippen LogP contribution in [0.3, 0.4) is 0 Å². The van der Waals surface area contributed by atoms with E-state index in [2.05, 4.69) is 5.32 Å². The lowest BCUT2D eigenvalue weighted by Crippen LogP contribution is -2.25. The smallest absolute Gasteiger partial charge is 0.303 e. The van der Waals surface area contributed by atoms with Gasteiger partial charge in [0.2, 0.25) is 5.91 Å². The lowest BCUT2D eigenvalue weighted by atomic mass is 10.1. The second-order valence-electron chi connectivity index (χ2n) is 4.39. The highest BCUT2D eigenvalue weighted by atomic mass is 19.1. The molecule has 114 valence electrons. The van der Waals surface area contributed by atoms with Crippen molar-refractivity contribution in [3.05, 3.63) is 35.4 Å². The first-order valence-electron chi connectivity index (χ1n) is 6.37. The maximum Gasteiger partial charge on any atom is 0.303 e. The van der Waals surface area contributed by atoms with E-state index < -0.39 is 29.3 Å². The standard InChI is InChI=1S/C14H15F2NO4/c15-9-3-4-10(11(16)8-9)12(18)5-6-13(19)17-7-1-2-14(20)21/h3-4,8H,1-2,5-7H2,(H,17,19)(H,20,21). The van der Waals surface area contributed by atoms with E-state index in [0.717, 1.165) is 12.1 Å². The number of carbonyl (C=O) groups excluding carboxylic acids is 2. The molecule has 0 spiro atoms. The number of rotatable bonds is 8. The van der Waals surface area contributed by atoms with Gasteiger partial charge in [-0.25, -0.2) is 8.78 Å². The summed E-state index contributed by atoms with van der Waals surface area (Å²) in [6.45, 7) is 0.199. The average Bonchev–Trinajstić information content (AvgIpc) is 2.40. The molecule has 0 heterocycles. The molecule has 2 N–H and O–H groups in total. The average molecular weight is 299 g/mol. The van der Waals surface area contributed by atoms with E-state index in [1.54, 1.807) is 0 Å². The van der Waals surface area contributed by atoms with Crippen molar-refractivity contribution < 1.29 is 28.3 Å². The Morgan fingerprint density at radius 3 is 2.43 bits per heavy atom. The van der Waals surface area contributed by atoms with Gasteiger partial charge >= 0.3 is 5.97 Å². The van der Waals surface area contributed by atoms with Crippen molar-refractivity contribution in [2.45, 2.75) is 25.7 Å². The first-order valence-corrected chi connectivity index (χ1v) is 6.37. The number of Topliss-reactive ketones (excluding diaryl/α,β-unsaturated/α-hetero) is 1. The van der Waals surface area contributed by atoms with Crippen LogP contribution in [-0.4, -0.2) is 29.3 Å². The zero-order chi connectivity index (χ0) is 15.8. The van der Waals surface area contributed by atoms with Gasteiger partial charge in [-0.2, -0.15) is 0 Å². The fraction of sp³-hybridized carbons (Fsp3) is 0.357. The molecular formula is C14H15F2NO4. The molecule has 5 nitrogen and oxygen atoms in total. The number of aliphatic carboxylic acids is 1. The van der Waals surface area contributed by atoms with Gasteiger partial charge in [-0.1, -0.05) is 0 Å². The van der Waals surface area contributed by atoms with Crippen molar-refractivity contribution in [1.82, 2.24) is 5.32 Å². The maximum atomic E-state index is 13.3. The minimum absolute atomic E-state index is 0.0556. The molecule has 0 saturated carbocycles. The summed E-state index contributed by atoms with van der Waals surface area (Å²) in [7, 11) is 0. The van der Waals surface area contributed by atoms with Crippen LogP contribution in [0.5, 0.6) is 0 Å². The van der Waals surface area contributed by atoms with Crippen molar-refractivity contribution in [3.63, 3.8) is 0 Å². The summed E-state index contributed by atoms with van der Waals surface area (Å²) in [5.41, 5.74) is -0.255. The lowest BCUT2D eigenvalue weighted by molar-refractivity contribution is -0.137. The predicted molar refractivity (Wildman–Crippen MR) is 69.8 cm³/mol. The van der Waals surface area contributed by atoms with Crippen molar-refractivity contribution in [2.75, 3.05) is 6.54 Å². The third-order valence-electron chi connectivity index (χ3n) is 2.70. The lowest BCUT2D eigenvalue weighted by Gasteiger charge is -2.05. The molecule has 0 unspecified atom stereocenters. The van der Waals surface area contributed by atoms with Crippen molar-refractivity contribution in [1.29, 1.82) is 0 Å². The number of benzene rings is 1. The van der Waals surface area contributed by atoms with Crippen LogP contribution in [0.4, 0.5) is 8.78 Å². The zero-order valence-corrected chi connectivity index (χ0v) is 11.2. The van der Waals surface area contributed by atoms with Gasteiger partial charge in [0.05, 0.1) is 5.56 Å². The number of ketones is 1. The summed E-state index contributed by atoms with van der Waals surface area (Å²) in [5, 5.41) is 10.9. The third kappa shape index (κ3) is 6.11. The Morgan fingerprint density at radius 2 is 1.81 bits per heavy atom. The van der Waals surface area contributed by atoms with Crippen LogP contribution in [-0.2, 0) is 9.59 Å². The molecule has 1 amide bonds. The normalized spacial score (nSPS) is 10.2. The number of halogens is 2. The van der Waals surface area contributed by atoms with E-state index in [-0.39, 0.29) is 31.4 Å². The quantitative estimate of drug-likeness (QED) is 0.567. The molecule has 0 atom stereocenters. The fourth-order valence-electron chi connectivity index (χ4n) is 1.63. The molecule has 0 aliphatic carbocycles. The van der Waals surface area contributed by atoms with Gasteiger partial charge < -0.3 is 10.4 Å². The summed E-state index contributed by atoms with van der Waals surface area (Å²) < 4.78 is 26.0. The van der Waals surface area contributed by atoms with Gasteiger partial charge in [-0.3, -0.25) is 14.4 Å². The number of hydrogen-bond acceptors (Lipinski definition) is 3. The number of hydrogen-bond donors (Lipinski definition) is 2. The first-order chi connectivity index (χ1) is 9.90. The van der Waals surface area contributed by atoms with Gasteiger partial charge in [0.25, 0.3) is 0 Å². The van der Waals surface area contributed by atoms with Gasteiger partial charge in [0, 0.05) is 31.9 Å². The Bertz CT molecular complexity index is 546. The van der Waals surface area contributed by atoms with Crippen LogP contribution in [0.1, 0.15) is 36.0 Å². The van der Waals surface area contributed by atoms with Crippen LogP contribution in [0.25, 0.3) is 0 Å². The van der Waals surface area contributed by atoms with E-state index in [1.807, 2.05) is 0 Å². The van der Waals surface area contributed by atoms with Gasteiger partial charge in [-0.05, 0) is 18.6 Å². The van der Waals surface area contributed by atoms with Crippen molar-refractivity contribution in [3.8, 4) is 0 Å². The van der Waals surface area contributed by atoms with E-state index in [9.17, 15) is 23.2 Å². The number of carboxylic acids is 1. The SMILES string of the molecule is O=C(O)CCCNC(=O)CCC(=O)c1ccc(F)cc1F. The van der Waals surface area contributed by atoms with Crippen LogP contribution >= 0.6 is 0 Å². The van der Waals surface area contributed by atoms with E-state index in [4.69, 9.17) is 5.11 Å². The van der Waals surface area contributed by atoms with Crippen LogP contribution in [0.15, 0.2) is 18.2 Å². The molecule has 7 heteroatoms. The number of carboxylic acid groups (broad SMARTS) is 1. The molecule has 0 aliphatic heterocycles. The number of amides is 1. The Labute approximate surface area is 120 Å². The van der Waals surface area contributed by atoms with Crippen LogP contribution in [0.2, 0.25) is 0 Å².